The lowest BCUT2D eigenvalue weighted by molar-refractivity contribution is -0.160. The van der Waals surface area contributed by atoms with Crippen molar-refractivity contribution in [3.63, 3.8) is 0 Å². The zero-order valence-electron chi connectivity index (χ0n) is 24.0. The standard InChI is InChI=1S/C31H40N4O6S/c1-2-20-35-28(36)27(15-9-10-19-32-30(38)41-24-26-13-7-4-8-14-26)33-29(37)31(35)17-21-34(22-18-31)42(39,40)23-16-25-11-5-3-6-12-25/h3-8,11-14,16,23,27H,2,9-10,15,17-22,24H2,1H3,(H,32,38)(H,33,37)/b23-16+/t27-/m0/s1. The molecule has 0 unspecified atom stereocenters. The minimum absolute atomic E-state index is 0.132. The Balaban J connectivity index is 1.26. The van der Waals surface area contributed by atoms with E-state index in [0.29, 0.717) is 38.8 Å². The smallest absolute Gasteiger partial charge is 0.407 e. The van der Waals surface area contributed by atoms with Crippen LogP contribution in [0.2, 0.25) is 0 Å². The predicted octanol–water partition coefficient (Wildman–Crippen LogP) is 3.66. The molecular formula is C31H40N4O6S. The number of unbranched alkanes of at least 4 members (excludes halogenated alkanes) is 1. The number of piperidine rings is 1. The highest BCUT2D eigenvalue weighted by atomic mass is 32.2. The lowest BCUT2D eigenvalue weighted by Crippen LogP contribution is -2.73. The largest absolute Gasteiger partial charge is 0.445 e. The summed E-state index contributed by atoms with van der Waals surface area (Å²) in [5, 5.41) is 6.85. The molecule has 2 N–H and O–H groups in total. The Kier molecular flexibility index (Phi) is 10.8. The number of carbonyl (C=O) groups is 3. The molecule has 0 saturated carbocycles. The van der Waals surface area contributed by atoms with E-state index < -0.39 is 27.7 Å². The molecular weight excluding hydrogens is 556 g/mol. The molecule has 2 saturated heterocycles. The number of nitrogens with zero attached hydrogens (tertiary/aromatic N) is 2. The highest BCUT2D eigenvalue weighted by Crippen LogP contribution is 2.35. The first-order chi connectivity index (χ1) is 20.2. The second-order valence-corrected chi connectivity index (χ2v) is 12.5. The molecule has 2 aliphatic rings. The number of piperazine rings is 1. The molecule has 11 heteroatoms. The van der Waals surface area contributed by atoms with Crippen LogP contribution in [0.5, 0.6) is 0 Å². The summed E-state index contributed by atoms with van der Waals surface area (Å²) in [4.78, 5) is 40.7. The number of sulfonamides is 1. The van der Waals surface area contributed by atoms with Gasteiger partial charge in [0.1, 0.15) is 18.2 Å². The van der Waals surface area contributed by atoms with Gasteiger partial charge in [-0.1, -0.05) is 67.6 Å². The topological polar surface area (TPSA) is 125 Å². The van der Waals surface area contributed by atoms with Gasteiger partial charge in [0.25, 0.3) is 0 Å². The number of alkyl carbamates (subject to hydrolysis) is 1. The lowest BCUT2D eigenvalue weighted by Gasteiger charge is -2.51. The van der Waals surface area contributed by atoms with Crippen molar-refractivity contribution >= 4 is 34.0 Å². The molecule has 10 nitrogen and oxygen atoms in total. The minimum atomic E-state index is -3.67. The van der Waals surface area contributed by atoms with Gasteiger partial charge in [-0.3, -0.25) is 9.59 Å². The van der Waals surface area contributed by atoms with Gasteiger partial charge in [0.05, 0.1) is 0 Å². The molecule has 2 fully saturated rings. The Morgan fingerprint density at radius 3 is 2.38 bits per heavy atom. The van der Waals surface area contributed by atoms with E-state index in [4.69, 9.17) is 4.74 Å². The summed E-state index contributed by atoms with van der Waals surface area (Å²) in [6.45, 7) is 3.28. The summed E-state index contributed by atoms with van der Waals surface area (Å²) in [6.07, 6.45) is 3.94. The molecule has 226 valence electrons. The van der Waals surface area contributed by atoms with E-state index in [0.717, 1.165) is 11.1 Å². The van der Waals surface area contributed by atoms with Crippen molar-refractivity contribution in [3.05, 3.63) is 77.2 Å². The minimum Gasteiger partial charge on any atom is -0.445 e. The van der Waals surface area contributed by atoms with Gasteiger partial charge < -0.3 is 20.3 Å². The Hall–Kier alpha value is -3.70. The maximum atomic E-state index is 13.5. The van der Waals surface area contributed by atoms with Gasteiger partial charge in [0.15, 0.2) is 0 Å². The van der Waals surface area contributed by atoms with Crippen LogP contribution < -0.4 is 10.6 Å². The first-order valence-electron chi connectivity index (χ1n) is 14.6. The molecule has 42 heavy (non-hydrogen) atoms. The van der Waals surface area contributed by atoms with Crippen LogP contribution in [-0.4, -0.2) is 73.3 Å². The van der Waals surface area contributed by atoms with Crippen LogP contribution in [0.25, 0.3) is 6.08 Å². The van der Waals surface area contributed by atoms with Crippen molar-refractivity contribution in [2.75, 3.05) is 26.2 Å². The van der Waals surface area contributed by atoms with Gasteiger partial charge in [0.2, 0.25) is 21.8 Å². The van der Waals surface area contributed by atoms with Crippen molar-refractivity contribution in [1.82, 2.24) is 19.8 Å². The molecule has 2 aliphatic heterocycles. The van der Waals surface area contributed by atoms with Gasteiger partial charge in [-0.2, -0.15) is 4.31 Å². The van der Waals surface area contributed by atoms with Crippen LogP contribution in [0.4, 0.5) is 4.79 Å². The molecule has 2 aromatic rings. The van der Waals surface area contributed by atoms with E-state index in [2.05, 4.69) is 10.6 Å². The van der Waals surface area contributed by atoms with Crippen LogP contribution in [0.15, 0.2) is 66.1 Å². The molecule has 2 heterocycles. The number of hydrogen-bond donors (Lipinski definition) is 2. The zero-order chi connectivity index (χ0) is 30.0. The fourth-order valence-corrected chi connectivity index (χ4v) is 6.67. The molecule has 1 atom stereocenters. The van der Waals surface area contributed by atoms with Gasteiger partial charge in [-0.25, -0.2) is 13.2 Å². The summed E-state index contributed by atoms with van der Waals surface area (Å²) in [6, 6.07) is 18.0. The van der Waals surface area contributed by atoms with E-state index in [1.807, 2.05) is 67.6 Å². The van der Waals surface area contributed by atoms with Crippen molar-refractivity contribution in [1.29, 1.82) is 0 Å². The fourth-order valence-electron chi connectivity index (χ4n) is 5.48. The number of amides is 3. The highest BCUT2D eigenvalue weighted by Gasteiger charge is 2.53. The Bertz CT molecular complexity index is 1340. The van der Waals surface area contributed by atoms with E-state index in [9.17, 15) is 22.8 Å². The van der Waals surface area contributed by atoms with E-state index >= 15 is 0 Å². The number of nitrogens with one attached hydrogen (secondary N) is 2. The molecule has 3 amide bonds. The van der Waals surface area contributed by atoms with Gasteiger partial charge in [-0.05, 0) is 55.7 Å². The fraction of sp³-hybridized carbons (Fsp3) is 0.452. The average Bonchev–Trinajstić information content (AvgIpc) is 3.01. The van der Waals surface area contributed by atoms with Crippen LogP contribution >= 0.6 is 0 Å². The Morgan fingerprint density at radius 1 is 1.05 bits per heavy atom. The third kappa shape index (κ3) is 7.77. The first kappa shape index (κ1) is 31.2. The van der Waals surface area contributed by atoms with Crippen molar-refractivity contribution in [3.8, 4) is 0 Å². The molecule has 1 spiro atoms. The summed E-state index contributed by atoms with van der Waals surface area (Å²) in [5.41, 5.74) is 0.634. The van der Waals surface area contributed by atoms with E-state index in [-0.39, 0.29) is 44.4 Å². The third-order valence-corrected chi connectivity index (χ3v) is 9.36. The van der Waals surface area contributed by atoms with Crippen LogP contribution in [0, 0.1) is 0 Å². The molecule has 0 aromatic heterocycles. The molecule has 0 aliphatic carbocycles. The second kappa shape index (κ2) is 14.5. The summed E-state index contributed by atoms with van der Waals surface area (Å²) >= 11 is 0. The molecule has 0 radical (unpaired) electrons. The SMILES string of the molecule is CCCN1C(=O)[C@H](CCCCNC(=O)OCc2ccccc2)NC(=O)C12CCN(S(=O)(=O)/C=C/c1ccccc1)CC2. The average molecular weight is 597 g/mol. The first-order valence-corrected chi connectivity index (χ1v) is 16.1. The molecule has 0 bridgehead atoms. The Morgan fingerprint density at radius 2 is 1.71 bits per heavy atom. The maximum absolute atomic E-state index is 13.5. The highest BCUT2D eigenvalue weighted by molar-refractivity contribution is 7.92. The number of rotatable bonds is 12. The summed E-state index contributed by atoms with van der Waals surface area (Å²) < 4.78 is 32.5. The van der Waals surface area contributed by atoms with Crippen LogP contribution in [0.3, 0.4) is 0 Å². The quantitative estimate of drug-likeness (QED) is 0.361. The van der Waals surface area contributed by atoms with E-state index in [1.165, 1.54) is 9.71 Å². The third-order valence-electron chi connectivity index (χ3n) is 7.80. The van der Waals surface area contributed by atoms with Gasteiger partial charge in [-0.15, -0.1) is 0 Å². The summed E-state index contributed by atoms with van der Waals surface area (Å²) in [7, 11) is -3.67. The van der Waals surface area contributed by atoms with Gasteiger partial charge in [0, 0.05) is 31.6 Å². The van der Waals surface area contributed by atoms with E-state index in [1.54, 1.807) is 11.0 Å². The Labute approximate surface area is 248 Å². The normalized spacial score (nSPS) is 19.2. The number of hydrogen-bond acceptors (Lipinski definition) is 6. The van der Waals surface area contributed by atoms with Gasteiger partial charge >= 0.3 is 6.09 Å². The number of benzene rings is 2. The number of carbonyl (C=O) groups excluding carboxylic acids is 3. The monoisotopic (exact) mass is 596 g/mol. The number of ether oxygens (including phenoxy) is 1. The molecule has 2 aromatic carbocycles. The molecule has 4 rings (SSSR count). The van der Waals surface area contributed by atoms with Crippen molar-refractivity contribution < 1.29 is 27.5 Å². The zero-order valence-corrected chi connectivity index (χ0v) is 24.9. The predicted molar refractivity (Wildman–Crippen MR) is 160 cm³/mol. The van der Waals surface area contributed by atoms with Crippen LogP contribution in [0.1, 0.15) is 56.6 Å². The maximum Gasteiger partial charge on any atom is 0.407 e. The lowest BCUT2D eigenvalue weighted by atomic mass is 9.81. The van der Waals surface area contributed by atoms with Crippen LogP contribution in [-0.2, 0) is 31.0 Å². The van der Waals surface area contributed by atoms with Crippen molar-refractivity contribution in [2.45, 2.75) is 63.6 Å². The second-order valence-electron chi connectivity index (χ2n) is 10.7. The summed E-state index contributed by atoms with van der Waals surface area (Å²) in [5.74, 6) is -0.355. The van der Waals surface area contributed by atoms with Crippen molar-refractivity contribution in [2.24, 2.45) is 0 Å².